The number of benzene rings is 2. The molecule has 108 valence electrons. The maximum atomic E-state index is 2.56. The van der Waals surface area contributed by atoms with Gasteiger partial charge in [-0.05, 0) is 40.5 Å². The summed E-state index contributed by atoms with van der Waals surface area (Å²) in [5.41, 5.74) is 5.95. The summed E-state index contributed by atoms with van der Waals surface area (Å²) in [6, 6.07) is 21.9. The van der Waals surface area contributed by atoms with Crippen molar-refractivity contribution in [1.29, 1.82) is 0 Å². The number of allylic oxidation sites excluding steroid dienone is 2. The molecular formula is C19H18I2. The highest BCUT2D eigenvalue weighted by Crippen LogP contribution is 2.48. The van der Waals surface area contributed by atoms with E-state index in [1.807, 2.05) is 0 Å². The normalized spacial score (nSPS) is 21.8. The maximum Gasteiger partial charge on any atom is 0.00676 e. The lowest BCUT2D eigenvalue weighted by molar-refractivity contribution is 0.537. The molecular weight excluding hydrogens is 482 g/mol. The Kier molecular flexibility index (Phi) is 5.38. The van der Waals surface area contributed by atoms with E-state index in [0.717, 1.165) is 5.92 Å². The Labute approximate surface area is 154 Å². The molecule has 0 nitrogen and oxygen atoms in total. The molecule has 1 aliphatic carbocycles. The summed E-state index contributed by atoms with van der Waals surface area (Å²) in [4.78, 5) is 0. The van der Waals surface area contributed by atoms with Crippen LogP contribution >= 0.6 is 45.2 Å². The predicted molar refractivity (Wildman–Crippen MR) is 109 cm³/mol. The van der Waals surface area contributed by atoms with E-state index in [-0.39, 0.29) is 0 Å². The molecule has 0 heterocycles. The highest BCUT2D eigenvalue weighted by molar-refractivity contribution is 14.1. The number of hydrogen-bond donors (Lipinski definition) is 0. The first-order valence-corrected chi connectivity index (χ1v) is 10.4. The molecule has 0 radical (unpaired) electrons. The Balaban J connectivity index is 2.14. The van der Waals surface area contributed by atoms with Gasteiger partial charge in [0.15, 0.2) is 0 Å². The van der Waals surface area contributed by atoms with Gasteiger partial charge < -0.3 is 0 Å². The molecule has 0 saturated heterocycles. The molecule has 2 atom stereocenters. The summed E-state index contributed by atoms with van der Waals surface area (Å²) in [7, 11) is 0. The van der Waals surface area contributed by atoms with E-state index in [4.69, 9.17) is 0 Å². The average Bonchev–Trinajstić information content (AvgIpc) is 2.95. The summed E-state index contributed by atoms with van der Waals surface area (Å²) in [6.07, 6.45) is 1.21. The highest BCUT2D eigenvalue weighted by atomic mass is 127. The van der Waals surface area contributed by atoms with Crippen LogP contribution in [0.3, 0.4) is 0 Å². The van der Waals surface area contributed by atoms with Crippen molar-refractivity contribution in [3.05, 3.63) is 71.8 Å². The molecule has 2 heteroatoms. The zero-order chi connectivity index (χ0) is 14.7. The fraction of sp³-hybridized carbons (Fsp3) is 0.263. The van der Waals surface area contributed by atoms with E-state index < -0.39 is 0 Å². The molecule has 2 aromatic rings. The van der Waals surface area contributed by atoms with Crippen molar-refractivity contribution in [2.24, 2.45) is 11.8 Å². The molecule has 2 aromatic carbocycles. The quantitative estimate of drug-likeness (QED) is 0.352. The first-order chi connectivity index (χ1) is 10.3. The Morgan fingerprint density at radius 2 is 1.33 bits per heavy atom. The second kappa shape index (κ2) is 7.27. The molecule has 0 amide bonds. The van der Waals surface area contributed by atoms with Gasteiger partial charge in [-0.1, -0.05) is 106 Å². The molecule has 0 aliphatic heterocycles. The van der Waals surface area contributed by atoms with Crippen molar-refractivity contribution >= 4 is 56.3 Å². The van der Waals surface area contributed by atoms with Gasteiger partial charge in [-0.25, -0.2) is 0 Å². The van der Waals surface area contributed by atoms with Gasteiger partial charge in [0, 0.05) is 8.86 Å². The molecule has 0 spiro atoms. The minimum atomic E-state index is 0.681. The van der Waals surface area contributed by atoms with Crippen LogP contribution in [-0.2, 0) is 0 Å². The minimum absolute atomic E-state index is 0.681. The molecule has 0 aromatic heterocycles. The van der Waals surface area contributed by atoms with Gasteiger partial charge in [-0.2, -0.15) is 0 Å². The van der Waals surface area contributed by atoms with Crippen molar-refractivity contribution in [3.63, 3.8) is 0 Å². The van der Waals surface area contributed by atoms with Crippen LogP contribution in [0.5, 0.6) is 0 Å². The van der Waals surface area contributed by atoms with Gasteiger partial charge in [-0.15, -0.1) is 0 Å². The van der Waals surface area contributed by atoms with Gasteiger partial charge in [0.05, 0.1) is 0 Å². The zero-order valence-corrected chi connectivity index (χ0v) is 16.1. The van der Waals surface area contributed by atoms with Gasteiger partial charge in [0.25, 0.3) is 0 Å². The smallest absolute Gasteiger partial charge is 0.00676 e. The summed E-state index contributed by atoms with van der Waals surface area (Å²) in [5, 5.41) is 0. The van der Waals surface area contributed by atoms with Crippen molar-refractivity contribution in [2.75, 3.05) is 8.86 Å². The highest BCUT2D eigenvalue weighted by Gasteiger charge is 2.34. The topological polar surface area (TPSA) is 0 Å². The standard InChI is InChI=1S/C19H18I2/c20-12-16-11-17(14-7-3-1-4-8-14)19(18(16)13-21)15-9-5-2-6-10-15/h1-10,16,18H,11-13H2/t16-,18+/m1/s1. The number of halogens is 2. The Hall–Kier alpha value is -0.360. The molecule has 3 rings (SSSR count). The summed E-state index contributed by atoms with van der Waals surface area (Å²) < 4.78 is 2.43. The minimum Gasteiger partial charge on any atom is -0.0860 e. The summed E-state index contributed by atoms with van der Waals surface area (Å²) in [5.74, 6) is 1.45. The maximum absolute atomic E-state index is 2.56. The van der Waals surface area contributed by atoms with Crippen LogP contribution in [-0.4, -0.2) is 8.86 Å². The Morgan fingerprint density at radius 3 is 1.86 bits per heavy atom. The molecule has 0 fully saturated rings. The fourth-order valence-electron chi connectivity index (χ4n) is 3.26. The lowest BCUT2D eigenvalue weighted by Gasteiger charge is -2.19. The first kappa shape index (κ1) is 15.5. The van der Waals surface area contributed by atoms with E-state index in [1.54, 1.807) is 11.1 Å². The second-order valence-corrected chi connectivity index (χ2v) is 7.27. The molecule has 0 bridgehead atoms. The van der Waals surface area contributed by atoms with Gasteiger partial charge in [0.1, 0.15) is 0 Å². The SMILES string of the molecule is IC[C@H]1CC(c2ccccc2)=C(c2ccccc2)[C@H]1CI. The van der Waals surface area contributed by atoms with Crippen LogP contribution in [0.25, 0.3) is 11.1 Å². The Morgan fingerprint density at radius 1 is 0.762 bits per heavy atom. The van der Waals surface area contributed by atoms with Crippen LogP contribution in [0, 0.1) is 11.8 Å². The van der Waals surface area contributed by atoms with Gasteiger partial charge in [0.2, 0.25) is 0 Å². The number of rotatable bonds is 4. The van der Waals surface area contributed by atoms with E-state index >= 15 is 0 Å². The Bertz CT molecular complexity index is 617. The first-order valence-electron chi connectivity index (χ1n) is 7.31. The van der Waals surface area contributed by atoms with Crippen molar-refractivity contribution < 1.29 is 0 Å². The third-order valence-electron chi connectivity index (χ3n) is 4.30. The van der Waals surface area contributed by atoms with Crippen LogP contribution < -0.4 is 0 Å². The number of hydrogen-bond acceptors (Lipinski definition) is 0. The van der Waals surface area contributed by atoms with E-state index in [1.165, 1.54) is 26.4 Å². The number of alkyl halides is 2. The zero-order valence-electron chi connectivity index (χ0n) is 11.8. The lowest BCUT2D eigenvalue weighted by atomic mass is 9.90. The van der Waals surface area contributed by atoms with Crippen molar-refractivity contribution in [2.45, 2.75) is 6.42 Å². The van der Waals surface area contributed by atoms with Crippen LogP contribution in [0.4, 0.5) is 0 Å². The summed E-state index contributed by atoms with van der Waals surface area (Å²) >= 11 is 5.12. The monoisotopic (exact) mass is 500 g/mol. The lowest BCUT2D eigenvalue weighted by Crippen LogP contribution is -2.13. The molecule has 0 unspecified atom stereocenters. The summed E-state index contributed by atoms with van der Waals surface area (Å²) in [6.45, 7) is 0. The fourth-order valence-corrected chi connectivity index (χ4v) is 5.34. The van der Waals surface area contributed by atoms with Crippen LogP contribution in [0.15, 0.2) is 60.7 Å². The molecule has 0 N–H and O–H groups in total. The van der Waals surface area contributed by atoms with E-state index in [2.05, 4.69) is 106 Å². The largest absolute Gasteiger partial charge is 0.0860 e. The van der Waals surface area contributed by atoms with E-state index in [0.29, 0.717) is 5.92 Å². The van der Waals surface area contributed by atoms with Crippen LogP contribution in [0.2, 0.25) is 0 Å². The second-order valence-electron chi connectivity index (χ2n) is 5.50. The average molecular weight is 500 g/mol. The van der Waals surface area contributed by atoms with Crippen LogP contribution in [0.1, 0.15) is 17.5 Å². The third kappa shape index (κ3) is 3.21. The van der Waals surface area contributed by atoms with Crippen molar-refractivity contribution in [3.8, 4) is 0 Å². The predicted octanol–water partition coefficient (Wildman–Crippen LogP) is 6.10. The van der Waals surface area contributed by atoms with Gasteiger partial charge in [-0.3, -0.25) is 0 Å². The van der Waals surface area contributed by atoms with E-state index in [9.17, 15) is 0 Å². The van der Waals surface area contributed by atoms with Gasteiger partial charge >= 0.3 is 0 Å². The molecule has 21 heavy (non-hydrogen) atoms. The molecule has 0 saturated carbocycles. The van der Waals surface area contributed by atoms with Crippen molar-refractivity contribution in [1.82, 2.24) is 0 Å². The third-order valence-corrected chi connectivity index (χ3v) is 6.38. The molecule has 1 aliphatic rings.